The van der Waals surface area contributed by atoms with Gasteiger partial charge in [-0.1, -0.05) is 0 Å². The first-order valence-corrected chi connectivity index (χ1v) is 8.34. The highest BCUT2D eigenvalue weighted by atomic mass is 32.2. The molecule has 9 heteroatoms. The number of sulfone groups is 1. The van der Waals surface area contributed by atoms with Crippen molar-refractivity contribution in [3.63, 3.8) is 0 Å². The molecule has 0 aromatic carbocycles. The minimum Gasteiger partial charge on any atom is -0.481 e. The summed E-state index contributed by atoms with van der Waals surface area (Å²) in [4.78, 5) is 27.7. The lowest BCUT2D eigenvalue weighted by atomic mass is 9.93. The van der Waals surface area contributed by atoms with Crippen molar-refractivity contribution in [2.45, 2.75) is 51.2 Å². The molecule has 0 bridgehead atoms. The molecule has 0 radical (unpaired) electrons. The number of carboxylic acid groups (broad SMARTS) is 1. The van der Waals surface area contributed by atoms with Gasteiger partial charge in [0.1, 0.15) is 11.2 Å². The van der Waals surface area contributed by atoms with Gasteiger partial charge in [0.25, 0.3) is 0 Å². The molecule has 0 aromatic heterocycles. The number of hydrogen-bond acceptors (Lipinski definition) is 6. The Kier molecular flexibility index (Phi) is 5.21. The topological polar surface area (TPSA) is 119 Å². The fraction of sp³-hybridized carbons (Fsp3) is 0.833. The van der Waals surface area contributed by atoms with Crippen molar-refractivity contribution in [1.29, 1.82) is 0 Å². The molecule has 21 heavy (non-hydrogen) atoms. The zero-order valence-electron chi connectivity index (χ0n) is 12.3. The third-order valence-corrected chi connectivity index (χ3v) is 4.61. The maximum absolute atomic E-state index is 11.5. The molecule has 1 saturated heterocycles. The summed E-state index contributed by atoms with van der Waals surface area (Å²) in [6, 6.07) is 0. The average molecular weight is 323 g/mol. The molecule has 1 aliphatic rings. The van der Waals surface area contributed by atoms with E-state index in [1.165, 1.54) is 0 Å². The molecule has 0 aromatic rings. The molecular weight excluding hydrogens is 302 g/mol. The lowest BCUT2D eigenvalue weighted by molar-refractivity contribution is -0.154. The van der Waals surface area contributed by atoms with Crippen molar-refractivity contribution >= 4 is 21.9 Å². The predicted octanol–water partition coefficient (Wildman–Crippen LogP) is 0.865. The van der Waals surface area contributed by atoms with Gasteiger partial charge in [0.2, 0.25) is 0 Å². The van der Waals surface area contributed by atoms with Gasteiger partial charge in [-0.3, -0.25) is 9.63 Å². The second kappa shape index (κ2) is 6.18. The molecule has 0 aliphatic carbocycles. The smallest absolute Gasteiger partial charge is 0.431 e. The maximum atomic E-state index is 11.5. The van der Waals surface area contributed by atoms with Gasteiger partial charge in [-0.15, -0.1) is 0 Å². The number of amides is 1. The van der Waals surface area contributed by atoms with E-state index in [2.05, 4.69) is 5.48 Å². The molecule has 8 nitrogen and oxygen atoms in total. The predicted molar refractivity (Wildman–Crippen MR) is 73.3 cm³/mol. The molecule has 1 rings (SSSR count). The molecule has 0 spiro atoms. The Morgan fingerprint density at radius 3 is 2.19 bits per heavy atom. The van der Waals surface area contributed by atoms with Crippen molar-refractivity contribution in [2.75, 3.05) is 11.5 Å². The van der Waals surface area contributed by atoms with E-state index in [9.17, 15) is 18.0 Å². The molecule has 2 N–H and O–H groups in total. The Balaban J connectivity index is 2.68. The Morgan fingerprint density at radius 2 is 1.76 bits per heavy atom. The Labute approximate surface area is 123 Å². The minimum atomic E-state index is -3.17. The number of ether oxygens (including phenoxy) is 1. The fourth-order valence-corrected chi connectivity index (χ4v) is 3.52. The van der Waals surface area contributed by atoms with E-state index in [0.717, 1.165) is 0 Å². The van der Waals surface area contributed by atoms with Crippen molar-refractivity contribution in [3.05, 3.63) is 0 Å². The van der Waals surface area contributed by atoms with E-state index >= 15 is 0 Å². The third-order valence-electron chi connectivity index (χ3n) is 2.96. The molecule has 122 valence electrons. The van der Waals surface area contributed by atoms with Gasteiger partial charge in [0, 0.05) is 0 Å². The summed E-state index contributed by atoms with van der Waals surface area (Å²) in [5, 5.41) is 8.94. The van der Waals surface area contributed by atoms with E-state index in [1.54, 1.807) is 20.8 Å². The highest BCUT2D eigenvalue weighted by Gasteiger charge is 2.41. The maximum Gasteiger partial charge on any atom is 0.431 e. The summed E-state index contributed by atoms with van der Waals surface area (Å²) in [6.07, 6.45) is -1.21. The van der Waals surface area contributed by atoms with Crippen LogP contribution >= 0.6 is 0 Å². The first-order valence-electron chi connectivity index (χ1n) is 6.52. The fourth-order valence-electron chi connectivity index (χ4n) is 1.95. The normalized spacial score (nSPS) is 20.5. The average Bonchev–Trinajstić information content (AvgIpc) is 2.28. The van der Waals surface area contributed by atoms with Gasteiger partial charge < -0.3 is 9.84 Å². The number of hydroxylamine groups is 1. The quantitative estimate of drug-likeness (QED) is 0.736. The highest BCUT2D eigenvalue weighted by Crippen LogP contribution is 2.30. The van der Waals surface area contributed by atoms with Crippen LogP contribution in [0.1, 0.15) is 40.0 Å². The largest absolute Gasteiger partial charge is 0.481 e. The molecule has 1 heterocycles. The molecular formula is C12H21NO7S. The van der Waals surface area contributed by atoms with Crippen LogP contribution in [0.15, 0.2) is 0 Å². The van der Waals surface area contributed by atoms with Crippen molar-refractivity contribution < 1.29 is 32.7 Å². The SMILES string of the molecule is CC(C)(C)OC(=O)NOC1(CC(=O)O)CCS(=O)(=O)CC1. The number of nitrogens with one attached hydrogen (secondary N) is 1. The lowest BCUT2D eigenvalue weighted by Gasteiger charge is -2.35. The zero-order valence-corrected chi connectivity index (χ0v) is 13.2. The number of rotatable bonds is 4. The number of carbonyl (C=O) groups is 2. The van der Waals surface area contributed by atoms with Gasteiger partial charge in [-0.2, -0.15) is 5.48 Å². The molecule has 0 saturated carbocycles. The number of hydrogen-bond donors (Lipinski definition) is 2. The number of carbonyl (C=O) groups excluding carboxylic acids is 1. The van der Waals surface area contributed by atoms with Gasteiger partial charge in [0.05, 0.1) is 17.9 Å². The van der Waals surface area contributed by atoms with Crippen LogP contribution in [-0.4, -0.2) is 48.3 Å². The van der Waals surface area contributed by atoms with E-state index in [1.807, 2.05) is 0 Å². The van der Waals surface area contributed by atoms with Gasteiger partial charge in [0.15, 0.2) is 9.84 Å². The number of aliphatic carboxylic acids is 1. The van der Waals surface area contributed by atoms with Crippen LogP contribution < -0.4 is 5.48 Å². The van der Waals surface area contributed by atoms with Crippen LogP contribution in [0.3, 0.4) is 0 Å². The Bertz CT molecular complexity index is 492. The van der Waals surface area contributed by atoms with Crippen molar-refractivity contribution in [3.8, 4) is 0 Å². The summed E-state index contributed by atoms with van der Waals surface area (Å²) in [5.74, 6) is -1.47. The minimum absolute atomic E-state index is 0.0113. The number of carboxylic acids is 1. The van der Waals surface area contributed by atoms with Crippen LogP contribution in [0.2, 0.25) is 0 Å². The molecule has 1 aliphatic heterocycles. The first kappa shape index (κ1) is 17.7. The standard InChI is InChI=1S/C12H21NO7S/c1-11(2,3)19-10(16)13-20-12(8-9(14)15)4-6-21(17,18)7-5-12/h4-8H2,1-3H3,(H,13,16)(H,14,15). The molecule has 0 atom stereocenters. The Morgan fingerprint density at radius 1 is 1.24 bits per heavy atom. The second-order valence-electron chi connectivity index (χ2n) is 6.11. The van der Waals surface area contributed by atoms with Crippen LogP contribution in [0, 0.1) is 0 Å². The molecule has 1 fully saturated rings. The second-order valence-corrected chi connectivity index (χ2v) is 8.41. The van der Waals surface area contributed by atoms with E-state index < -0.39 is 39.5 Å². The van der Waals surface area contributed by atoms with Crippen LogP contribution in [-0.2, 0) is 24.2 Å². The lowest BCUT2D eigenvalue weighted by Crippen LogP contribution is -2.48. The van der Waals surface area contributed by atoms with Crippen LogP contribution in [0.4, 0.5) is 4.79 Å². The van der Waals surface area contributed by atoms with Crippen LogP contribution in [0.5, 0.6) is 0 Å². The summed E-state index contributed by atoms with van der Waals surface area (Å²) in [7, 11) is -3.17. The van der Waals surface area contributed by atoms with Crippen molar-refractivity contribution in [2.24, 2.45) is 0 Å². The zero-order chi connectivity index (χ0) is 16.3. The Hall–Kier alpha value is -1.35. The summed E-state index contributed by atoms with van der Waals surface area (Å²) in [6.45, 7) is 5.02. The summed E-state index contributed by atoms with van der Waals surface area (Å²) < 4.78 is 27.8. The van der Waals surface area contributed by atoms with Gasteiger partial charge in [-0.25, -0.2) is 13.2 Å². The van der Waals surface area contributed by atoms with E-state index in [4.69, 9.17) is 14.7 Å². The third kappa shape index (κ3) is 6.30. The van der Waals surface area contributed by atoms with E-state index in [-0.39, 0.29) is 24.3 Å². The van der Waals surface area contributed by atoms with Crippen molar-refractivity contribution in [1.82, 2.24) is 5.48 Å². The van der Waals surface area contributed by atoms with Crippen LogP contribution in [0.25, 0.3) is 0 Å². The highest BCUT2D eigenvalue weighted by molar-refractivity contribution is 7.91. The molecule has 1 amide bonds. The monoisotopic (exact) mass is 323 g/mol. The summed E-state index contributed by atoms with van der Waals surface area (Å²) >= 11 is 0. The van der Waals surface area contributed by atoms with Gasteiger partial charge in [-0.05, 0) is 33.6 Å². The molecule has 0 unspecified atom stereocenters. The van der Waals surface area contributed by atoms with E-state index in [0.29, 0.717) is 0 Å². The van der Waals surface area contributed by atoms with Gasteiger partial charge >= 0.3 is 12.1 Å². The summed E-state index contributed by atoms with van der Waals surface area (Å²) in [5.41, 5.74) is 0.116. The first-order chi connectivity index (χ1) is 9.43.